The predicted octanol–water partition coefficient (Wildman–Crippen LogP) is 2.21. The van der Waals surface area contributed by atoms with E-state index in [0.29, 0.717) is 6.54 Å². The molecule has 18 heavy (non-hydrogen) atoms. The van der Waals surface area contributed by atoms with E-state index in [1.54, 1.807) is 19.1 Å². The molecule has 2 rings (SSSR count). The van der Waals surface area contributed by atoms with Crippen molar-refractivity contribution < 1.29 is 9.90 Å². The Labute approximate surface area is 108 Å². The van der Waals surface area contributed by atoms with Crippen LogP contribution in [0.4, 0.5) is 5.69 Å². The molecular formula is C14H20N2O2. The van der Waals surface area contributed by atoms with E-state index in [4.69, 9.17) is 0 Å². The lowest BCUT2D eigenvalue weighted by molar-refractivity contribution is -0.132. The molecular weight excluding hydrogens is 228 g/mol. The van der Waals surface area contributed by atoms with Crippen molar-refractivity contribution in [2.45, 2.75) is 32.2 Å². The fourth-order valence-corrected chi connectivity index (χ4v) is 2.48. The molecule has 1 fully saturated rings. The van der Waals surface area contributed by atoms with E-state index in [1.807, 2.05) is 17.0 Å². The van der Waals surface area contributed by atoms with E-state index < -0.39 is 0 Å². The van der Waals surface area contributed by atoms with E-state index in [-0.39, 0.29) is 17.7 Å². The zero-order valence-electron chi connectivity index (χ0n) is 10.7. The number of phenolic OH excluding ortho intramolecular Hbond substituents is 1. The van der Waals surface area contributed by atoms with Gasteiger partial charge in [0.15, 0.2) is 0 Å². The highest BCUT2D eigenvalue weighted by molar-refractivity contribution is 5.73. The Morgan fingerprint density at radius 3 is 2.94 bits per heavy atom. The zero-order valence-corrected chi connectivity index (χ0v) is 10.7. The molecule has 98 valence electrons. The Bertz CT molecular complexity index is 420. The lowest BCUT2D eigenvalue weighted by Gasteiger charge is -2.35. The van der Waals surface area contributed by atoms with Crippen LogP contribution in [0, 0.1) is 0 Å². The van der Waals surface area contributed by atoms with Crippen molar-refractivity contribution in [1.82, 2.24) is 4.90 Å². The minimum atomic E-state index is 0.138. The number of carbonyl (C=O) groups is 1. The third-order valence-electron chi connectivity index (χ3n) is 3.46. The van der Waals surface area contributed by atoms with Crippen LogP contribution < -0.4 is 5.32 Å². The maximum atomic E-state index is 11.5. The van der Waals surface area contributed by atoms with Crippen LogP contribution in [-0.2, 0) is 4.79 Å². The number of piperidine rings is 1. The van der Waals surface area contributed by atoms with Gasteiger partial charge < -0.3 is 15.3 Å². The molecule has 1 aromatic rings. The van der Waals surface area contributed by atoms with Gasteiger partial charge >= 0.3 is 0 Å². The van der Waals surface area contributed by atoms with Crippen molar-refractivity contribution in [3.63, 3.8) is 0 Å². The minimum Gasteiger partial charge on any atom is -0.506 e. The third kappa shape index (κ3) is 2.94. The number of phenols is 1. The summed E-state index contributed by atoms with van der Waals surface area (Å²) in [5, 5.41) is 12.9. The van der Waals surface area contributed by atoms with Gasteiger partial charge in [-0.05, 0) is 31.4 Å². The van der Waals surface area contributed by atoms with Crippen molar-refractivity contribution in [2.24, 2.45) is 0 Å². The van der Waals surface area contributed by atoms with E-state index in [0.717, 1.165) is 31.5 Å². The number of amides is 1. The van der Waals surface area contributed by atoms with E-state index >= 15 is 0 Å². The van der Waals surface area contributed by atoms with Crippen LogP contribution in [-0.4, -0.2) is 35.0 Å². The molecule has 0 spiro atoms. The first-order valence-corrected chi connectivity index (χ1v) is 6.47. The van der Waals surface area contributed by atoms with E-state index in [2.05, 4.69) is 5.32 Å². The molecule has 0 radical (unpaired) electrons. The molecule has 1 amide bonds. The number of rotatable bonds is 3. The average Bonchev–Trinajstić information content (AvgIpc) is 2.38. The van der Waals surface area contributed by atoms with Gasteiger partial charge in [-0.2, -0.15) is 0 Å². The first-order valence-electron chi connectivity index (χ1n) is 6.47. The van der Waals surface area contributed by atoms with Gasteiger partial charge in [0.2, 0.25) is 5.91 Å². The number of nitrogens with one attached hydrogen (secondary N) is 1. The number of nitrogens with zero attached hydrogens (tertiary/aromatic N) is 1. The summed E-state index contributed by atoms with van der Waals surface area (Å²) in [5.74, 6) is 0.390. The number of aromatic hydroxyl groups is 1. The first kappa shape index (κ1) is 12.7. The summed E-state index contributed by atoms with van der Waals surface area (Å²) < 4.78 is 0. The predicted molar refractivity (Wildman–Crippen MR) is 71.6 cm³/mol. The number of likely N-dealkylation sites (tertiary alicyclic amines) is 1. The topological polar surface area (TPSA) is 52.6 Å². The van der Waals surface area contributed by atoms with Gasteiger partial charge in [-0.3, -0.25) is 4.79 Å². The molecule has 1 aliphatic heterocycles. The summed E-state index contributed by atoms with van der Waals surface area (Å²) in [6.07, 6.45) is 3.28. The number of anilines is 1. The second-order valence-electron chi connectivity index (χ2n) is 4.76. The second-order valence-corrected chi connectivity index (χ2v) is 4.76. The largest absolute Gasteiger partial charge is 0.506 e. The SMILES string of the molecule is CC(=O)N1CCCCC1CNc1ccccc1O. The molecule has 0 bridgehead atoms. The molecule has 1 saturated heterocycles. The van der Waals surface area contributed by atoms with Crippen LogP contribution in [0.1, 0.15) is 26.2 Å². The van der Waals surface area contributed by atoms with Crippen LogP contribution in [0.25, 0.3) is 0 Å². The molecule has 2 N–H and O–H groups in total. The van der Waals surface area contributed by atoms with Crippen molar-refractivity contribution in [1.29, 1.82) is 0 Å². The van der Waals surface area contributed by atoms with E-state index in [9.17, 15) is 9.90 Å². The standard InChI is InChI=1S/C14H20N2O2/c1-11(17)16-9-5-4-6-12(16)10-15-13-7-2-3-8-14(13)18/h2-3,7-8,12,15,18H,4-6,9-10H2,1H3. The van der Waals surface area contributed by atoms with Gasteiger partial charge in [-0.25, -0.2) is 0 Å². The van der Waals surface area contributed by atoms with Gasteiger partial charge in [0.1, 0.15) is 5.75 Å². The average molecular weight is 248 g/mol. The molecule has 0 aliphatic carbocycles. The normalized spacial score (nSPS) is 19.6. The molecule has 0 saturated carbocycles. The molecule has 1 aliphatic rings. The highest BCUT2D eigenvalue weighted by Gasteiger charge is 2.24. The number of hydrogen-bond donors (Lipinski definition) is 2. The van der Waals surface area contributed by atoms with Gasteiger partial charge in [-0.1, -0.05) is 12.1 Å². The summed E-state index contributed by atoms with van der Waals surface area (Å²) >= 11 is 0. The van der Waals surface area contributed by atoms with Gasteiger partial charge in [0.05, 0.1) is 5.69 Å². The third-order valence-corrected chi connectivity index (χ3v) is 3.46. The van der Waals surface area contributed by atoms with Gasteiger partial charge in [-0.15, -0.1) is 0 Å². The van der Waals surface area contributed by atoms with Gasteiger partial charge in [0, 0.05) is 26.1 Å². The van der Waals surface area contributed by atoms with Crippen LogP contribution >= 0.6 is 0 Å². The lowest BCUT2D eigenvalue weighted by Crippen LogP contribution is -2.46. The fourth-order valence-electron chi connectivity index (χ4n) is 2.48. The van der Waals surface area contributed by atoms with Gasteiger partial charge in [0.25, 0.3) is 0 Å². The number of carbonyl (C=O) groups excluding carboxylic acids is 1. The quantitative estimate of drug-likeness (QED) is 0.806. The second kappa shape index (κ2) is 5.76. The van der Waals surface area contributed by atoms with Crippen LogP contribution in [0.2, 0.25) is 0 Å². The number of para-hydroxylation sites is 2. The van der Waals surface area contributed by atoms with Crippen LogP contribution in [0.15, 0.2) is 24.3 Å². The molecule has 1 aromatic carbocycles. The highest BCUT2D eigenvalue weighted by atomic mass is 16.3. The molecule has 1 atom stereocenters. The molecule has 4 nitrogen and oxygen atoms in total. The fraction of sp³-hybridized carbons (Fsp3) is 0.500. The summed E-state index contributed by atoms with van der Waals surface area (Å²) in [7, 11) is 0. The maximum absolute atomic E-state index is 11.5. The Hall–Kier alpha value is -1.71. The smallest absolute Gasteiger partial charge is 0.219 e. The van der Waals surface area contributed by atoms with Crippen molar-refractivity contribution in [3.05, 3.63) is 24.3 Å². The first-order chi connectivity index (χ1) is 8.68. The Kier molecular flexibility index (Phi) is 4.07. The monoisotopic (exact) mass is 248 g/mol. The Balaban J connectivity index is 1.96. The summed E-state index contributed by atoms with van der Waals surface area (Å²) in [6, 6.07) is 7.41. The minimum absolute atomic E-state index is 0.138. The van der Waals surface area contributed by atoms with Crippen LogP contribution in [0.3, 0.4) is 0 Å². The van der Waals surface area contributed by atoms with Crippen molar-refractivity contribution >= 4 is 11.6 Å². The van der Waals surface area contributed by atoms with Crippen LogP contribution in [0.5, 0.6) is 5.75 Å². The van der Waals surface area contributed by atoms with Crippen molar-refractivity contribution in [3.8, 4) is 5.75 Å². The number of hydrogen-bond acceptors (Lipinski definition) is 3. The van der Waals surface area contributed by atoms with Crippen molar-refractivity contribution in [2.75, 3.05) is 18.4 Å². The highest BCUT2D eigenvalue weighted by Crippen LogP contribution is 2.23. The molecule has 1 heterocycles. The summed E-state index contributed by atoms with van der Waals surface area (Å²) in [5.41, 5.74) is 0.728. The molecule has 1 unspecified atom stereocenters. The maximum Gasteiger partial charge on any atom is 0.219 e. The summed E-state index contributed by atoms with van der Waals surface area (Å²) in [4.78, 5) is 13.5. The van der Waals surface area contributed by atoms with E-state index in [1.165, 1.54) is 0 Å². The Morgan fingerprint density at radius 1 is 1.44 bits per heavy atom. The summed E-state index contributed by atoms with van der Waals surface area (Å²) in [6.45, 7) is 3.16. The zero-order chi connectivity index (χ0) is 13.0. The molecule has 4 heteroatoms. The molecule has 0 aromatic heterocycles. The Morgan fingerprint density at radius 2 is 2.22 bits per heavy atom. The lowest BCUT2D eigenvalue weighted by atomic mass is 10.0. The number of benzene rings is 1.